The quantitative estimate of drug-likeness (QED) is 0.452. The van der Waals surface area contributed by atoms with Crippen LogP contribution < -0.4 is 0 Å². The first kappa shape index (κ1) is 18.4. The lowest BCUT2D eigenvalue weighted by molar-refractivity contribution is -0.126. The first-order valence-electron chi connectivity index (χ1n) is 9.37. The molecule has 0 radical (unpaired) electrons. The van der Waals surface area contributed by atoms with Crippen molar-refractivity contribution in [2.24, 2.45) is 10.2 Å². The molecule has 0 saturated carbocycles. The summed E-state index contributed by atoms with van der Waals surface area (Å²) in [7, 11) is 0. The Hall–Kier alpha value is -2.92. The summed E-state index contributed by atoms with van der Waals surface area (Å²) in [6.07, 6.45) is 2.54. The number of amides is 1. The van der Waals surface area contributed by atoms with E-state index in [1.165, 1.54) is 17.1 Å². The average Bonchev–Trinajstić information content (AvgIpc) is 3.04. The Morgan fingerprint density at radius 1 is 1.00 bits per heavy atom. The minimum atomic E-state index is -0.0878. The molecule has 1 aliphatic rings. The summed E-state index contributed by atoms with van der Waals surface area (Å²) in [6.45, 7) is 2.55. The monoisotopic (exact) mass is 387 g/mol. The number of hydrogen-bond acceptors (Lipinski definition) is 4. The second-order valence-electron chi connectivity index (χ2n) is 6.62. The molecule has 1 heterocycles. The van der Waals surface area contributed by atoms with Crippen molar-refractivity contribution in [2.45, 2.75) is 25.1 Å². The number of nitrogens with zero attached hydrogens (tertiary/aromatic N) is 3. The van der Waals surface area contributed by atoms with Crippen LogP contribution in [-0.4, -0.2) is 27.4 Å². The van der Waals surface area contributed by atoms with E-state index in [0.717, 1.165) is 22.9 Å². The molecular formula is C23H21N3OS. The van der Waals surface area contributed by atoms with E-state index in [0.29, 0.717) is 11.7 Å². The predicted molar refractivity (Wildman–Crippen MR) is 118 cm³/mol. The van der Waals surface area contributed by atoms with Crippen LogP contribution >= 0.6 is 11.8 Å². The van der Waals surface area contributed by atoms with Gasteiger partial charge in [-0.1, -0.05) is 91.5 Å². The number of benzene rings is 3. The third kappa shape index (κ3) is 3.85. The van der Waals surface area contributed by atoms with Crippen LogP contribution in [0.5, 0.6) is 0 Å². The van der Waals surface area contributed by atoms with Gasteiger partial charge in [0, 0.05) is 5.56 Å². The standard InChI is InChI=1S/C23H21N3OS/c1-2-21-22(27)26(16-17-9-4-3-5-10-17)23(28-21)25-24-15-19-13-8-12-18-11-6-7-14-20(18)19/h3-15,21H,2,16H2,1H3/b24-15+,25-23-. The maximum atomic E-state index is 12.7. The molecule has 28 heavy (non-hydrogen) atoms. The first-order valence-corrected chi connectivity index (χ1v) is 10.2. The number of rotatable bonds is 5. The van der Waals surface area contributed by atoms with Gasteiger partial charge in [0.25, 0.3) is 0 Å². The molecule has 0 spiro atoms. The minimum Gasteiger partial charge on any atom is -0.284 e. The van der Waals surface area contributed by atoms with Crippen LogP contribution in [0.4, 0.5) is 0 Å². The fourth-order valence-corrected chi connectivity index (χ4v) is 4.29. The molecular weight excluding hydrogens is 366 g/mol. The van der Waals surface area contributed by atoms with Crippen LogP contribution in [0.15, 0.2) is 83.0 Å². The van der Waals surface area contributed by atoms with Crippen molar-refractivity contribution in [3.05, 3.63) is 83.9 Å². The molecule has 0 aliphatic carbocycles. The number of fused-ring (bicyclic) bond motifs is 1. The van der Waals surface area contributed by atoms with Crippen molar-refractivity contribution in [3.63, 3.8) is 0 Å². The molecule has 1 atom stereocenters. The highest BCUT2D eigenvalue weighted by atomic mass is 32.2. The van der Waals surface area contributed by atoms with Crippen molar-refractivity contribution in [3.8, 4) is 0 Å². The zero-order valence-electron chi connectivity index (χ0n) is 15.7. The predicted octanol–water partition coefficient (Wildman–Crippen LogP) is 5.08. The van der Waals surface area contributed by atoms with Crippen molar-refractivity contribution in [2.75, 3.05) is 0 Å². The SMILES string of the molecule is CCC1S/C(=N\N=C\c2cccc3ccccc23)N(Cc2ccccc2)C1=O. The summed E-state index contributed by atoms with van der Waals surface area (Å²) in [4.78, 5) is 14.5. The van der Waals surface area contributed by atoms with E-state index in [1.807, 2.05) is 61.5 Å². The Morgan fingerprint density at radius 3 is 2.57 bits per heavy atom. The van der Waals surface area contributed by atoms with Crippen LogP contribution in [0.3, 0.4) is 0 Å². The van der Waals surface area contributed by atoms with Gasteiger partial charge in [0.05, 0.1) is 18.0 Å². The van der Waals surface area contributed by atoms with E-state index in [-0.39, 0.29) is 11.2 Å². The first-order chi connectivity index (χ1) is 13.8. The molecule has 3 aromatic rings. The highest BCUT2D eigenvalue weighted by molar-refractivity contribution is 8.15. The normalized spacial score (nSPS) is 18.6. The van der Waals surface area contributed by atoms with Gasteiger partial charge in [-0.15, -0.1) is 5.10 Å². The minimum absolute atomic E-state index is 0.0878. The average molecular weight is 388 g/mol. The molecule has 1 unspecified atom stereocenters. The molecule has 0 bridgehead atoms. The van der Waals surface area contributed by atoms with Crippen LogP contribution in [0.2, 0.25) is 0 Å². The Labute approximate surface area is 169 Å². The molecule has 1 saturated heterocycles. The van der Waals surface area contributed by atoms with Gasteiger partial charge in [-0.3, -0.25) is 9.69 Å². The van der Waals surface area contributed by atoms with Crippen LogP contribution in [0.1, 0.15) is 24.5 Å². The Bertz CT molecular complexity index is 1040. The van der Waals surface area contributed by atoms with Crippen LogP contribution in [-0.2, 0) is 11.3 Å². The highest BCUT2D eigenvalue weighted by Gasteiger charge is 2.36. The zero-order chi connectivity index (χ0) is 19.3. The summed E-state index contributed by atoms with van der Waals surface area (Å²) in [5.74, 6) is 0.107. The van der Waals surface area contributed by atoms with Gasteiger partial charge in [0.15, 0.2) is 5.17 Å². The fraction of sp³-hybridized carbons (Fsp3) is 0.174. The Morgan fingerprint density at radius 2 is 1.75 bits per heavy atom. The number of carbonyl (C=O) groups excluding carboxylic acids is 1. The lowest BCUT2D eigenvalue weighted by Gasteiger charge is -2.15. The third-order valence-corrected chi connectivity index (χ3v) is 6.07. The van der Waals surface area contributed by atoms with Gasteiger partial charge in [-0.25, -0.2) is 0 Å². The van der Waals surface area contributed by atoms with Gasteiger partial charge in [-0.05, 0) is 22.8 Å². The van der Waals surface area contributed by atoms with E-state index in [4.69, 9.17) is 0 Å². The van der Waals surface area contributed by atoms with Crippen molar-refractivity contribution >= 4 is 39.8 Å². The topological polar surface area (TPSA) is 45.0 Å². The zero-order valence-corrected chi connectivity index (χ0v) is 16.5. The lowest BCUT2D eigenvalue weighted by Crippen LogP contribution is -2.31. The highest BCUT2D eigenvalue weighted by Crippen LogP contribution is 2.30. The van der Waals surface area contributed by atoms with Gasteiger partial charge < -0.3 is 0 Å². The number of hydrogen-bond donors (Lipinski definition) is 0. The molecule has 1 aliphatic heterocycles. The van der Waals surface area contributed by atoms with Gasteiger partial charge in [0.2, 0.25) is 5.91 Å². The maximum absolute atomic E-state index is 12.7. The summed E-state index contributed by atoms with van der Waals surface area (Å²) in [5, 5.41) is 11.6. The van der Waals surface area contributed by atoms with Crippen molar-refractivity contribution in [1.82, 2.24) is 4.90 Å². The van der Waals surface area contributed by atoms with Crippen molar-refractivity contribution in [1.29, 1.82) is 0 Å². The number of thioether (sulfide) groups is 1. The van der Waals surface area contributed by atoms with Gasteiger partial charge in [-0.2, -0.15) is 5.10 Å². The Balaban J connectivity index is 1.60. The molecule has 0 aromatic heterocycles. The summed E-state index contributed by atoms with van der Waals surface area (Å²) >= 11 is 1.50. The van der Waals surface area contributed by atoms with Crippen molar-refractivity contribution < 1.29 is 4.79 Å². The van der Waals surface area contributed by atoms with E-state index in [2.05, 4.69) is 28.4 Å². The molecule has 0 N–H and O–H groups in total. The van der Waals surface area contributed by atoms with E-state index in [9.17, 15) is 4.79 Å². The fourth-order valence-electron chi connectivity index (χ4n) is 3.26. The van der Waals surface area contributed by atoms with Crippen LogP contribution in [0.25, 0.3) is 10.8 Å². The molecule has 140 valence electrons. The second kappa shape index (κ2) is 8.40. The van der Waals surface area contributed by atoms with Gasteiger partial charge in [0.1, 0.15) is 0 Å². The van der Waals surface area contributed by atoms with E-state index < -0.39 is 0 Å². The smallest absolute Gasteiger partial charge is 0.242 e. The van der Waals surface area contributed by atoms with Crippen LogP contribution in [0, 0.1) is 0 Å². The Kier molecular flexibility index (Phi) is 5.53. The molecule has 4 nitrogen and oxygen atoms in total. The lowest BCUT2D eigenvalue weighted by atomic mass is 10.1. The number of carbonyl (C=O) groups is 1. The summed E-state index contributed by atoms with van der Waals surface area (Å²) in [6, 6.07) is 24.3. The molecule has 3 aromatic carbocycles. The maximum Gasteiger partial charge on any atom is 0.242 e. The molecule has 4 rings (SSSR count). The second-order valence-corrected chi connectivity index (χ2v) is 7.79. The summed E-state index contributed by atoms with van der Waals surface area (Å²) < 4.78 is 0. The molecule has 1 fully saturated rings. The summed E-state index contributed by atoms with van der Waals surface area (Å²) in [5.41, 5.74) is 2.09. The molecule has 1 amide bonds. The van der Waals surface area contributed by atoms with E-state index >= 15 is 0 Å². The largest absolute Gasteiger partial charge is 0.284 e. The van der Waals surface area contributed by atoms with Gasteiger partial charge >= 0.3 is 0 Å². The molecule has 5 heteroatoms. The van der Waals surface area contributed by atoms with E-state index in [1.54, 1.807) is 11.1 Å². The number of amidine groups is 1. The third-order valence-electron chi connectivity index (χ3n) is 4.74.